The molecule has 0 N–H and O–H groups in total. The second-order valence-corrected chi connectivity index (χ2v) is 3.58. The van der Waals surface area contributed by atoms with Gasteiger partial charge in [0, 0.05) is 6.07 Å². The Morgan fingerprint density at radius 2 is 2.21 bits per heavy atom. The fourth-order valence-electron chi connectivity index (χ4n) is 0.939. The monoisotopic (exact) mass is 314 g/mol. The van der Waals surface area contributed by atoms with Gasteiger partial charge >= 0.3 is 5.69 Å². The molecule has 0 atom stereocenters. The summed E-state index contributed by atoms with van der Waals surface area (Å²) in [6, 6.07) is 1.11. The highest BCUT2D eigenvalue weighted by molar-refractivity contribution is 14.1. The molecule has 4 nitrogen and oxygen atoms in total. The van der Waals surface area contributed by atoms with Gasteiger partial charge < -0.3 is 0 Å². The summed E-state index contributed by atoms with van der Waals surface area (Å²) in [6.45, 7) is 1.37. The number of hydrogen-bond donors (Lipinski definition) is 0. The van der Waals surface area contributed by atoms with Gasteiger partial charge in [0.15, 0.2) is 3.70 Å². The van der Waals surface area contributed by atoms with Gasteiger partial charge in [0.25, 0.3) is 6.43 Å². The molecule has 7 heteroatoms. The number of alkyl halides is 2. The minimum Gasteiger partial charge on any atom is -0.258 e. The lowest BCUT2D eigenvalue weighted by atomic mass is 10.2. The van der Waals surface area contributed by atoms with Gasteiger partial charge in [-0.15, -0.1) is 0 Å². The fourth-order valence-corrected chi connectivity index (χ4v) is 1.55. The van der Waals surface area contributed by atoms with Crippen molar-refractivity contribution in [3.8, 4) is 0 Å². The molecular formula is C7H5F2IN2O2. The van der Waals surface area contributed by atoms with Crippen LogP contribution in [0.2, 0.25) is 0 Å². The normalized spacial score (nSPS) is 10.6. The molecule has 0 spiro atoms. The number of aryl methyl sites for hydroxylation is 1. The summed E-state index contributed by atoms with van der Waals surface area (Å²) in [5, 5.41) is 10.4. The Balaban J connectivity index is 3.31. The van der Waals surface area contributed by atoms with E-state index in [-0.39, 0.29) is 15.0 Å². The molecule has 0 amide bonds. The first-order valence-corrected chi connectivity index (χ1v) is 4.61. The molecule has 0 radical (unpaired) electrons. The van der Waals surface area contributed by atoms with E-state index in [9.17, 15) is 18.9 Å². The molecule has 1 heterocycles. The largest absolute Gasteiger partial charge is 0.301 e. The van der Waals surface area contributed by atoms with Crippen LogP contribution in [-0.2, 0) is 0 Å². The highest BCUT2D eigenvalue weighted by Gasteiger charge is 2.20. The van der Waals surface area contributed by atoms with E-state index in [1.807, 2.05) is 0 Å². The lowest BCUT2D eigenvalue weighted by Gasteiger charge is -2.04. The van der Waals surface area contributed by atoms with Crippen LogP contribution >= 0.6 is 22.6 Å². The summed E-state index contributed by atoms with van der Waals surface area (Å²) in [5.41, 5.74) is -0.514. The van der Waals surface area contributed by atoms with Gasteiger partial charge in [0.05, 0.1) is 4.92 Å². The average Bonchev–Trinajstić information content (AvgIpc) is 2.07. The fraction of sp³-hybridized carbons (Fsp3) is 0.286. The predicted octanol–water partition coefficient (Wildman–Crippen LogP) is 2.84. The summed E-state index contributed by atoms with van der Waals surface area (Å²) in [4.78, 5) is 13.3. The number of nitro groups is 1. The Bertz CT molecular complexity index is 384. The Morgan fingerprint density at radius 1 is 1.64 bits per heavy atom. The number of halogens is 3. The minimum atomic E-state index is -2.70. The van der Waals surface area contributed by atoms with Crippen molar-refractivity contribution in [2.75, 3.05) is 0 Å². The zero-order chi connectivity index (χ0) is 10.9. The van der Waals surface area contributed by atoms with Gasteiger partial charge in [-0.3, -0.25) is 10.1 Å². The van der Waals surface area contributed by atoms with Crippen molar-refractivity contribution in [3.05, 3.63) is 31.1 Å². The molecule has 76 valence electrons. The third-order valence-corrected chi connectivity index (χ3v) is 2.38. The molecule has 0 aliphatic rings. The van der Waals surface area contributed by atoms with Gasteiger partial charge in [0.1, 0.15) is 5.69 Å². The minimum absolute atomic E-state index is 0.0199. The second kappa shape index (κ2) is 4.11. The van der Waals surface area contributed by atoms with Crippen molar-refractivity contribution in [2.45, 2.75) is 13.3 Å². The Labute approximate surface area is 91.6 Å². The van der Waals surface area contributed by atoms with Gasteiger partial charge in [-0.05, 0) is 35.1 Å². The van der Waals surface area contributed by atoms with E-state index in [0.717, 1.165) is 6.07 Å². The highest BCUT2D eigenvalue weighted by Crippen LogP contribution is 2.27. The smallest absolute Gasteiger partial charge is 0.258 e. The molecule has 1 aromatic heterocycles. The van der Waals surface area contributed by atoms with Crippen LogP contribution < -0.4 is 0 Å². The van der Waals surface area contributed by atoms with Crippen LogP contribution in [0.25, 0.3) is 0 Å². The van der Waals surface area contributed by atoms with Crippen LogP contribution in [0.1, 0.15) is 17.7 Å². The van der Waals surface area contributed by atoms with E-state index in [4.69, 9.17) is 0 Å². The lowest BCUT2D eigenvalue weighted by Crippen LogP contribution is -2.01. The van der Waals surface area contributed by atoms with Crippen LogP contribution in [0.15, 0.2) is 6.07 Å². The highest BCUT2D eigenvalue weighted by atomic mass is 127. The third kappa shape index (κ3) is 2.14. The van der Waals surface area contributed by atoms with Gasteiger partial charge in [-0.1, -0.05) is 0 Å². The lowest BCUT2D eigenvalue weighted by molar-refractivity contribution is -0.386. The van der Waals surface area contributed by atoms with Crippen molar-refractivity contribution in [2.24, 2.45) is 0 Å². The van der Waals surface area contributed by atoms with Crippen molar-refractivity contribution in [1.82, 2.24) is 4.98 Å². The van der Waals surface area contributed by atoms with E-state index in [2.05, 4.69) is 4.98 Å². The molecule has 0 bridgehead atoms. The standard InChI is InChI=1S/C7H5F2IN2O2/c1-3-2-4(12(13)14)7(10)11-5(3)6(8)9/h2,6H,1H3. The molecule has 0 aliphatic heterocycles. The summed E-state index contributed by atoms with van der Waals surface area (Å²) in [7, 11) is 0. The second-order valence-electron chi connectivity index (χ2n) is 2.56. The Kier molecular flexibility index (Phi) is 3.29. The molecule has 0 saturated carbocycles. The predicted molar refractivity (Wildman–Crippen MR) is 53.3 cm³/mol. The molecule has 14 heavy (non-hydrogen) atoms. The summed E-state index contributed by atoms with van der Waals surface area (Å²) >= 11 is 1.57. The SMILES string of the molecule is Cc1cc([N+](=O)[O-])c(I)nc1C(F)F. The van der Waals surface area contributed by atoms with E-state index in [1.54, 1.807) is 22.6 Å². The molecule has 0 fully saturated rings. The number of aromatic nitrogens is 1. The van der Waals surface area contributed by atoms with Crippen LogP contribution in [0.3, 0.4) is 0 Å². The van der Waals surface area contributed by atoms with Crippen molar-refractivity contribution in [3.63, 3.8) is 0 Å². The first kappa shape index (κ1) is 11.2. The van der Waals surface area contributed by atoms with Gasteiger partial charge in [-0.25, -0.2) is 13.8 Å². The number of nitrogens with zero attached hydrogens (tertiary/aromatic N) is 2. The van der Waals surface area contributed by atoms with E-state index < -0.39 is 17.0 Å². The first-order valence-electron chi connectivity index (χ1n) is 3.53. The van der Waals surface area contributed by atoms with Crippen LogP contribution in [0.5, 0.6) is 0 Å². The molecule has 0 aromatic carbocycles. The summed E-state index contributed by atoms with van der Waals surface area (Å²) in [6.07, 6.45) is -2.70. The quantitative estimate of drug-likeness (QED) is 0.365. The van der Waals surface area contributed by atoms with Gasteiger partial charge in [-0.2, -0.15) is 0 Å². The van der Waals surface area contributed by atoms with Crippen molar-refractivity contribution < 1.29 is 13.7 Å². The maximum absolute atomic E-state index is 12.3. The topological polar surface area (TPSA) is 56.0 Å². The van der Waals surface area contributed by atoms with E-state index in [0.29, 0.717) is 0 Å². The van der Waals surface area contributed by atoms with Crippen molar-refractivity contribution in [1.29, 1.82) is 0 Å². The molecular weight excluding hydrogens is 309 g/mol. The zero-order valence-corrected chi connectivity index (χ0v) is 9.16. The number of pyridine rings is 1. The molecule has 1 aromatic rings. The zero-order valence-electron chi connectivity index (χ0n) is 7.00. The summed E-state index contributed by atoms with van der Waals surface area (Å²) < 4.78 is 24.6. The Morgan fingerprint density at radius 3 is 2.64 bits per heavy atom. The maximum Gasteiger partial charge on any atom is 0.301 e. The van der Waals surface area contributed by atoms with Crippen LogP contribution in [0, 0.1) is 20.7 Å². The summed E-state index contributed by atoms with van der Waals surface area (Å²) in [5.74, 6) is 0. The molecule has 0 saturated heterocycles. The van der Waals surface area contributed by atoms with E-state index >= 15 is 0 Å². The van der Waals surface area contributed by atoms with Crippen LogP contribution in [0.4, 0.5) is 14.5 Å². The maximum atomic E-state index is 12.3. The molecule has 0 unspecified atom stereocenters. The Hall–Kier alpha value is -0.860. The van der Waals surface area contributed by atoms with Crippen molar-refractivity contribution >= 4 is 28.3 Å². The van der Waals surface area contributed by atoms with E-state index in [1.165, 1.54) is 6.92 Å². The first-order chi connectivity index (χ1) is 6.43. The average molecular weight is 314 g/mol. The number of hydrogen-bond acceptors (Lipinski definition) is 3. The molecule has 0 aliphatic carbocycles. The van der Waals surface area contributed by atoms with Gasteiger partial charge in [0.2, 0.25) is 0 Å². The van der Waals surface area contributed by atoms with Crippen LogP contribution in [-0.4, -0.2) is 9.91 Å². The third-order valence-electron chi connectivity index (χ3n) is 1.59. The number of rotatable bonds is 2. The molecule has 1 rings (SSSR count).